The molecule has 0 aromatic carbocycles. The van der Waals surface area contributed by atoms with Crippen molar-refractivity contribution in [3.05, 3.63) is 122 Å². The quantitative estimate of drug-likeness (QED) is 0.0211. The van der Waals surface area contributed by atoms with E-state index >= 15 is 0 Å². The van der Waals surface area contributed by atoms with Gasteiger partial charge in [-0.3, -0.25) is 9.59 Å². The van der Waals surface area contributed by atoms with E-state index in [1.165, 1.54) is 77.0 Å². The van der Waals surface area contributed by atoms with E-state index in [0.29, 0.717) is 17.4 Å². The van der Waals surface area contributed by atoms with Gasteiger partial charge >= 0.3 is 17.9 Å². The predicted octanol–water partition coefficient (Wildman–Crippen LogP) is 18.5. The summed E-state index contributed by atoms with van der Waals surface area (Å²) in [5, 5.41) is 9.69. The maximum absolute atomic E-state index is 12.9. The summed E-state index contributed by atoms with van der Waals surface area (Å²) >= 11 is 0. The highest BCUT2D eigenvalue weighted by molar-refractivity contribution is 5.71. The molecule has 0 amide bonds. The first-order chi connectivity index (χ1) is 37.6. The highest BCUT2D eigenvalue weighted by Gasteiger charge is 2.25. The molecule has 2 atom stereocenters. The van der Waals surface area contributed by atoms with Crippen LogP contribution in [0.15, 0.2) is 122 Å². The summed E-state index contributed by atoms with van der Waals surface area (Å²) in [6.45, 7) is 4.72. The van der Waals surface area contributed by atoms with Crippen LogP contribution < -0.4 is 0 Å². The van der Waals surface area contributed by atoms with Crippen LogP contribution in [0.5, 0.6) is 0 Å². The highest BCUT2D eigenvalue weighted by atomic mass is 16.7. The first-order valence-electron chi connectivity index (χ1n) is 30.7. The number of carboxylic acid groups (broad SMARTS) is 1. The maximum atomic E-state index is 12.9. The molecule has 0 aromatic rings. The summed E-state index contributed by atoms with van der Waals surface area (Å²) < 4.78 is 22.8. The predicted molar refractivity (Wildman–Crippen MR) is 327 cm³/mol. The summed E-state index contributed by atoms with van der Waals surface area (Å²) in [5.74, 6) is -2.03. The van der Waals surface area contributed by atoms with Crippen LogP contribution in [-0.2, 0) is 33.3 Å². The summed E-state index contributed by atoms with van der Waals surface area (Å²) in [6, 6.07) is 0. The molecule has 0 saturated carbocycles. The van der Waals surface area contributed by atoms with E-state index in [-0.39, 0.29) is 38.6 Å². The lowest BCUT2D eigenvalue weighted by Crippen LogP contribution is -2.40. The molecule has 77 heavy (non-hydrogen) atoms. The van der Waals surface area contributed by atoms with Crippen LogP contribution in [0.4, 0.5) is 0 Å². The molecule has 1 N–H and O–H groups in total. The van der Waals surface area contributed by atoms with Crippen LogP contribution in [-0.4, -0.2) is 87.4 Å². The number of carbonyl (C=O) groups is 3. The molecule has 0 saturated heterocycles. The van der Waals surface area contributed by atoms with Gasteiger partial charge in [0, 0.05) is 12.8 Å². The second-order valence-electron chi connectivity index (χ2n) is 21.3. The average molecular weight is 1070 g/mol. The highest BCUT2D eigenvalue weighted by Crippen LogP contribution is 2.15. The number of hydrogen-bond donors (Lipinski definition) is 1. The fraction of sp³-hybridized carbons (Fsp3) is 0.662. The van der Waals surface area contributed by atoms with Gasteiger partial charge in [-0.25, -0.2) is 4.79 Å². The van der Waals surface area contributed by atoms with Gasteiger partial charge < -0.3 is 28.5 Å². The monoisotopic (exact) mass is 1070 g/mol. The molecule has 0 aliphatic heterocycles. The number of quaternary nitrogens is 1. The standard InChI is InChI=1S/C68H113NO8/c1-6-8-10-12-14-16-18-20-21-22-23-24-25-26-27-28-29-30-31-32-33-34-35-36-37-38-39-40-41-42-43-44-45-47-49-51-53-55-57-59-66(71)77-64(63-76-68(67(72)73)74-61-60-69(3,4)5)62-75-65(70)58-56-54-52-50-48-46-19-17-15-13-11-9-7-2/h8,10,14,16-17,19-21,23-24,26-27,29-30,32-33,35-36,38-39,64,68H,6-7,9,11-13,15,18,22,25,28,31,34,37,40-63H2,1-5H3/p+1/b10-8-,16-14-,19-17-,21-20-,24-23-,27-26-,30-29-,33-32-,36-35-,39-38-. The number of ether oxygens (including phenoxy) is 4. The molecule has 9 nitrogen and oxygen atoms in total. The minimum atomic E-state index is -1.52. The zero-order chi connectivity index (χ0) is 56.2. The van der Waals surface area contributed by atoms with Crippen molar-refractivity contribution in [3.8, 4) is 0 Å². The van der Waals surface area contributed by atoms with E-state index in [1.54, 1.807) is 0 Å². The minimum Gasteiger partial charge on any atom is -0.477 e. The average Bonchev–Trinajstić information content (AvgIpc) is 3.40. The molecule has 0 heterocycles. The second-order valence-corrected chi connectivity index (χ2v) is 21.3. The number of rotatable bonds is 55. The van der Waals surface area contributed by atoms with Crippen molar-refractivity contribution in [2.24, 2.45) is 0 Å². The van der Waals surface area contributed by atoms with Crippen LogP contribution in [0.2, 0.25) is 0 Å². The first kappa shape index (κ1) is 72.7. The Morgan fingerprint density at radius 3 is 1.12 bits per heavy atom. The Bertz CT molecular complexity index is 1670. The molecule has 0 spiro atoms. The molecular weight excluding hydrogens is 959 g/mol. The Morgan fingerprint density at radius 1 is 0.403 bits per heavy atom. The van der Waals surface area contributed by atoms with Crippen LogP contribution in [0.1, 0.15) is 232 Å². The smallest absolute Gasteiger partial charge is 0.361 e. The van der Waals surface area contributed by atoms with Crippen LogP contribution in [0.25, 0.3) is 0 Å². The van der Waals surface area contributed by atoms with Gasteiger partial charge in [-0.05, 0) is 109 Å². The molecule has 2 unspecified atom stereocenters. The van der Waals surface area contributed by atoms with Crippen molar-refractivity contribution in [1.82, 2.24) is 0 Å². The fourth-order valence-electron chi connectivity index (χ4n) is 8.00. The lowest BCUT2D eigenvalue weighted by atomic mass is 10.0. The Kier molecular flexibility index (Phi) is 54.6. The summed E-state index contributed by atoms with van der Waals surface area (Å²) in [4.78, 5) is 37.4. The van der Waals surface area contributed by atoms with E-state index in [1.807, 2.05) is 21.1 Å². The lowest BCUT2D eigenvalue weighted by molar-refractivity contribution is -0.870. The Hall–Kier alpha value is -4.31. The summed E-state index contributed by atoms with van der Waals surface area (Å²) in [5.41, 5.74) is 0. The third-order valence-corrected chi connectivity index (χ3v) is 12.7. The molecule has 0 aliphatic carbocycles. The van der Waals surface area contributed by atoms with Gasteiger partial charge in [0.05, 0.1) is 34.4 Å². The maximum Gasteiger partial charge on any atom is 0.361 e. The number of likely N-dealkylation sites (N-methyl/N-ethyl adjacent to an activating group) is 1. The SMILES string of the molecule is CC/C=C\C/C=C\C/C=C\C/C=C\C/C=C\C/C=C\C/C=C\C/C=C\C/C=C\CCCCCCCCCCCCCC(=O)OC(COC(=O)CCCCCCC/C=C\CCCCCC)COC(OCC[N+](C)(C)C)C(=O)O. The van der Waals surface area contributed by atoms with Gasteiger partial charge in [-0.15, -0.1) is 0 Å². The Labute approximate surface area is 472 Å². The van der Waals surface area contributed by atoms with E-state index in [9.17, 15) is 19.5 Å². The van der Waals surface area contributed by atoms with E-state index < -0.39 is 24.3 Å². The third kappa shape index (κ3) is 59.2. The van der Waals surface area contributed by atoms with Gasteiger partial charge in [-0.1, -0.05) is 232 Å². The lowest BCUT2D eigenvalue weighted by Gasteiger charge is -2.25. The van der Waals surface area contributed by atoms with E-state index in [2.05, 4.69) is 135 Å². The van der Waals surface area contributed by atoms with Crippen molar-refractivity contribution in [1.29, 1.82) is 0 Å². The fourth-order valence-corrected chi connectivity index (χ4v) is 8.00. The van der Waals surface area contributed by atoms with Crippen molar-refractivity contribution >= 4 is 17.9 Å². The van der Waals surface area contributed by atoms with Crippen molar-refractivity contribution in [3.63, 3.8) is 0 Å². The molecule has 9 heteroatoms. The normalized spacial score (nSPS) is 13.6. The number of carbonyl (C=O) groups excluding carboxylic acids is 2. The number of nitrogens with zero attached hydrogens (tertiary/aromatic N) is 1. The topological polar surface area (TPSA) is 108 Å². The van der Waals surface area contributed by atoms with Crippen LogP contribution >= 0.6 is 0 Å². The van der Waals surface area contributed by atoms with Gasteiger partial charge in [0.1, 0.15) is 13.2 Å². The zero-order valence-corrected chi connectivity index (χ0v) is 49.8. The van der Waals surface area contributed by atoms with Crippen molar-refractivity contribution in [2.45, 2.75) is 245 Å². The van der Waals surface area contributed by atoms with E-state index in [4.69, 9.17) is 18.9 Å². The number of esters is 2. The number of carboxylic acids is 1. The van der Waals surface area contributed by atoms with Crippen molar-refractivity contribution < 1.29 is 42.9 Å². The molecule has 0 radical (unpaired) electrons. The molecule has 438 valence electrons. The minimum absolute atomic E-state index is 0.181. The van der Waals surface area contributed by atoms with Gasteiger partial charge in [0.2, 0.25) is 0 Å². The van der Waals surface area contributed by atoms with Gasteiger partial charge in [0.15, 0.2) is 6.10 Å². The second kappa shape index (κ2) is 57.9. The Balaban J connectivity index is 4.12. The summed E-state index contributed by atoms with van der Waals surface area (Å²) in [6.07, 6.45) is 78.6. The molecule has 0 rings (SSSR count). The number of allylic oxidation sites excluding steroid dienone is 20. The summed E-state index contributed by atoms with van der Waals surface area (Å²) in [7, 11) is 5.96. The first-order valence-corrected chi connectivity index (χ1v) is 30.7. The third-order valence-electron chi connectivity index (χ3n) is 12.7. The number of unbranched alkanes of at least 4 members (excludes halogenated alkanes) is 20. The molecule has 0 fully saturated rings. The molecular formula is C68H114NO8+. The Morgan fingerprint density at radius 2 is 0.740 bits per heavy atom. The number of hydrogen-bond acceptors (Lipinski definition) is 7. The molecule has 0 bridgehead atoms. The largest absolute Gasteiger partial charge is 0.477 e. The zero-order valence-electron chi connectivity index (χ0n) is 49.8. The van der Waals surface area contributed by atoms with Gasteiger partial charge in [0.25, 0.3) is 6.29 Å². The molecule has 0 aliphatic rings. The van der Waals surface area contributed by atoms with Crippen LogP contribution in [0, 0.1) is 0 Å². The molecule has 0 aromatic heterocycles. The van der Waals surface area contributed by atoms with E-state index in [0.717, 1.165) is 122 Å². The van der Waals surface area contributed by atoms with Crippen molar-refractivity contribution in [2.75, 3.05) is 47.5 Å². The van der Waals surface area contributed by atoms with Crippen LogP contribution in [0.3, 0.4) is 0 Å². The number of aliphatic carboxylic acids is 1. The van der Waals surface area contributed by atoms with Gasteiger partial charge in [-0.2, -0.15) is 0 Å².